The summed E-state index contributed by atoms with van der Waals surface area (Å²) < 4.78 is 29.8. The molecule has 2 rings (SSSR count). The Bertz CT molecular complexity index is 1000. The summed E-state index contributed by atoms with van der Waals surface area (Å²) in [6.45, 7) is 10.2. The van der Waals surface area contributed by atoms with Crippen LogP contribution in [-0.4, -0.2) is 69.2 Å². The van der Waals surface area contributed by atoms with Crippen molar-refractivity contribution >= 4 is 26.3 Å². The predicted octanol–water partition coefficient (Wildman–Crippen LogP) is 1.40. The molecule has 1 aliphatic rings. The van der Waals surface area contributed by atoms with Gasteiger partial charge in [0, 0.05) is 6.20 Å². The number of aromatic nitrogens is 2. The van der Waals surface area contributed by atoms with Gasteiger partial charge in [-0.25, -0.2) is 14.4 Å². The van der Waals surface area contributed by atoms with Crippen LogP contribution in [0.25, 0.3) is 0 Å². The number of aliphatic imine (C=N–C) groups is 1. The second-order valence-corrected chi connectivity index (χ2v) is 10.7. The van der Waals surface area contributed by atoms with E-state index in [0.29, 0.717) is 0 Å². The van der Waals surface area contributed by atoms with E-state index in [9.17, 15) is 24.2 Å². The van der Waals surface area contributed by atoms with Crippen LogP contribution in [0.5, 0.6) is 0 Å². The zero-order valence-electron chi connectivity index (χ0n) is 21.2. The number of nitrogens with two attached hydrogens (primary N) is 1. The highest BCUT2D eigenvalue weighted by Gasteiger charge is 2.54. The zero-order chi connectivity index (χ0) is 27.1. The van der Waals surface area contributed by atoms with Crippen molar-refractivity contribution in [2.75, 3.05) is 18.9 Å². The number of carbonyl (C=O) groups excluding carboxylic acids is 1. The second kappa shape index (κ2) is 12.9. The molecule has 0 radical (unpaired) electrons. The molecule has 5 N–H and O–H groups in total. The number of nitrogens with zero attached hydrogens (tertiary/aromatic N) is 3. The van der Waals surface area contributed by atoms with E-state index in [-0.39, 0.29) is 18.3 Å². The maximum absolute atomic E-state index is 12.6. The van der Waals surface area contributed by atoms with Crippen LogP contribution >= 0.6 is 7.75 Å². The Hall–Kier alpha value is -2.15. The minimum atomic E-state index is -4.50. The van der Waals surface area contributed by atoms with Crippen molar-refractivity contribution in [2.24, 2.45) is 10.9 Å². The molecule has 14 heteroatoms. The molecule has 1 unspecified atom stereocenters. The molecule has 1 saturated heterocycles. The molecule has 0 saturated carbocycles. The Morgan fingerprint density at radius 2 is 2.08 bits per heavy atom. The van der Waals surface area contributed by atoms with E-state index in [4.69, 9.17) is 19.7 Å². The van der Waals surface area contributed by atoms with Gasteiger partial charge in [0.05, 0.1) is 13.2 Å². The summed E-state index contributed by atoms with van der Waals surface area (Å²) >= 11 is 0. The lowest BCUT2D eigenvalue weighted by Crippen LogP contribution is -2.45. The molecular weight excluding hydrogens is 493 g/mol. The Balaban J connectivity index is 2.00. The van der Waals surface area contributed by atoms with Crippen molar-refractivity contribution in [1.82, 2.24) is 14.6 Å². The average Bonchev–Trinajstić information content (AvgIpc) is 3.06. The molecule has 204 valence electrons. The number of hydrogen-bond acceptors (Lipinski definition) is 10. The van der Waals surface area contributed by atoms with Gasteiger partial charge in [0.1, 0.15) is 29.6 Å². The average molecular weight is 532 g/mol. The first kappa shape index (κ1) is 30.1. The molecule has 1 fully saturated rings. The first-order chi connectivity index (χ1) is 16.9. The SMILES string of the molecule is C=N[C@]1(C)[C@H](O)[C@@H](COP(=O)(O)N[C@@H](C)C(=O)OCC(CCC)CCC)O[C@H]1n1ccc(N)nc1=O. The third-order valence-corrected chi connectivity index (χ3v) is 7.39. The number of esters is 1. The zero-order valence-corrected chi connectivity index (χ0v) is 22.1. The van der Waals surface area contributed by atoms with Crippen LogP contribution in [-0.2, 0) is 23.4 Å². The van der Waals surface area contributed by atoms with Gasteiger partial charge in [0.2, 0.25) is 0 Å². The lowest BCUT2D eigenvalue weighted by molar-refractivity contribution is -0.146. The first-order valence-electron chi connectivity index (χ1n) is 12.0. The number of nitrogen functional groups attached to an aromatic ring is 1. The van der Waals surface area contributed by atoms with E-state index in [2.05, 4.69) is 35.6 Å². The second-order valence-electron chi connectivity index (χ2n) is 9.14. The summed E-state index contributed by atoms with van der Waals surface area (Å²) in [6.07, 6.45) is 1.50. The van der Waals surface area contributed by atoms with Crippen molar-refractivity contribution in [3.63, 3.8) is 0 Å². The highest BCUT2D eigenvalue weighted by molar-refractivity contribution is 7.50. The summed E-state index contributed by atoms with van der Waals surface area (Å²) in [5.41, 5.74) is 3.40. The molecular formula is C22H38N5O8P. The standard InChI is InChI=1S/C22H38N5O8P/c1-6-8-15(9-7-2)12-33-19(29)14(3)26-36(31,32)34-13-16-18(28)22(4,24-5)20(35-16)27-11-10-17(23)25-21(27)30/h10-11,14-16,18,20,28H,5-9,12-13H2,1-4H3,(H2,23,25,30)(H2,26,31,32)/t14-,16+,18+,20+,22+/m0/s1. The fraction of sp³-hybridized carbons (Fsp3) is 0.727. The Morgan fingerprint density at radius 1 is 1.44 bits per heavy atom. The van der Waals surface area contributed by atoms with Crippen LogP contribution in [0.2, 0.25) is 0 Å². The van der Waals surface area contributed by atoms with Gasteiger partial charge < -0.3 is 25.2 Å². The molecule has 1 aromatic heterocycles. The number of aliphatic hydroxyl groups excluding tert-OH is 1. The maximum Gasteiger partial charge on any atom is 0.403 e. The smallest absolute Gasteiger partial charge is 0.403 e. The van der Waals surface area contributed by atoms with Crippen LogP contribution < -0.4 is 16.5 Å². The topological polar surface area (TPSA) is 188 Å². The summed E-state index contributed by atoms with van der Waals surface area (Å²) in [6, 6.07) is 0.259. The third-order valence-electron chi connectivity index (χ3n) is 6.18. The van der Waals surface area contributed by atoms with Gasteiger partial charge in [0.15, 0.2) is 6.23 Å². The van der Waals surface area contributed by atoms with Gasteiger partial charge in [0.25, 0.3) is 0 Å². The van der Waals surface area contributed by atoms with E-state index < -0.39 is 56.0 Å². The maximum atomic E-state index is 12.6. The van der Waals surface area contributed by atoms with Crippen molar-refractivity contribution in [3.05, 3.63) is 22.7 Å². The summed E-state index contributed by atoms with van der Waals surface area (Å²) in [7, 11) is -4.50. The number of carbonyl (C=O) groups is 1. The minimum absolute atomic E-state index is 0.00846. The molecule has 36 heavy (non-hydrogen) atoms. The monoisotopic (exact) mass is 531 g/mol. The van der Waals surface area contributed by atoms with Crippen LogP contribution in [0.4, 0.5) is 5.82 Å². The first-order valence-corrected chi connectivity index (χ1v) is 13.5. The van der Waals surface area contributed by atoms with Crippen LogP contribution in [0.3, 0.4) is 0 Å². The van der Waals surface area contributed by atoms with Crippen molar-refractivity contribution < 1.29 is 33.4 Å². The van der Waals surface area contributed by atoms with Crippen molar-refractivity contribution in [2.45, 2.75) is 83.4 Å². The molecule has 0 aromatic carbocycles. The number of aliphatic hydroxyl groups is 1. The lowest BCUT2D eigenvalue weighted by atomic mass is 9.93. The van der Waals surface area contributed by atoms with Gasteiger partial charge in [-0.2, -0.15) is 4.98 Å². The number of rotatable bonds is 14. The highest BCUT2D eigenvalue weighted by atomic mass is 31.2. The van der Waals surface area contributed by atoms with E-state index >= 15 is 0 Å². The largest absolute Gasteiger partial charge is 0.464 e. The van der Waals surface area contributed by atoms with Crippen LogP contribution in [0.15, 0.2) is 22.1 Å². The van der Waals surface area contributed by atoms with Crippen LogP contribution in [0.1, 0.15) is 59.6 Å². The Labute approximate surface area is 210 Å². The number of hydrogen-bond donors (Lipinski definition) is 4. The fourth-order valence-electron chi connectivity index (χ4n) is 4.12. The van der Waals surface area contributed by atoms with Crippen LogP contribution in [0, 0.1) is 5.92 Å². The van der Waals surface area contributed by atoms with Gasteiger partial charge in [-0.15, -0.1) is 0 Å². The molecule has 13 nitrogen and oxygen atoms in total. The molecule has 1 aromatic rings. The molecule has 0 aliphatic carbocycles. The molecule has 6 atom stereocenters. The number of ether oxygens (including phenoxy) is 2. The van der Waals surface area contributed by atoms with E-state index in [0.717, 1.165) is 30.3 Å². The van der Waals surface area contributed by atoms with Gasteiger partial charge in [-0.3, -0.25) is 18.9 Å². The number of anilines is 1. The Morgan fingerprint density at radius 3 is 2.64 bits per heavy atom. The summed E-state index contributed by atoms with van der Waals surface area (Å²) in [5.74, 6) is -0.436. The third kappa shape index (κ3) is 7.44. The predicted molar refractivity (Wildman–Crippen MR) is 133 cm³/mol. The minimum Gasteiger partial charge on any atom is -0.464 e. The van der Waals surface area contributed by atoms with Crippen molar-refractivity contribution in [3.8, 4) is 0 Å². The van der Waals surface area contributed by atoms with Gasteiger partial charge >= 0.3 is 19.4 Å². The molecule has 1 aliphatic heterocycles. The van der Waals surface area contributed by atoms with Gasteiger partial charge in [-0.05, 0) is 45.4 Å². The van der Waals surface area contributed by atoms with E-state index in [1.807, 2.05) is 0 Å². The summed E-state index contributed by atoms with van der Waals surface area (Å²) in [5, 5.41) is 13.0. The molecule has 0 bridgehead atoms. The molecule has 0 amide bonds. The molecule has 2 heterocycles. The summed E-state index contributed by atoms with van der Waals surface area (Å²) in [4.78, 5) is 42.4. The highest BCUT2D eigenvalue weighted by Crippen LogP contribution is 2.43. The van der Waals surface area contributed by atoms with E-state index in [1.165, 1.54) is 26.1 Å². The van der Waals surface area contributed by atoms with Gasteiger partial charge in [-0.1, -0.05) is 26.7 Å². The Kier molecular flexibility index (Phi) is 10.8. The van der Waals surface area contributed by atoms with E-state index in [1.54, 1.807) is 0 Å². The number of nitrogens with one attached hydrogen (secondary N) is 1. The molecule has 0 spiro atoms. The quantitative estimate of drug-likeness (QED) is 0.154. The lowest BCUT2D eigenvalue weighted by Gasteiger charge is -2.28. The fourth-order valence-corrected chi connectivity index (χ4v) is 5.13. The van der Waals surface area contributed by atoms with Crippen molar-refractivity contribution in [1.29, 1.82) is 0 Å². The normalized spacial score (nSPS) is 26.5.